The zero-order valence-electron chi connectivity index (χ0n) is 10.5. The molecule has 0 radical (unpaired) electrons. The summed E-state index contributed by atoms with van der Waals surface area (Å²) < 4.78 is 5.23. The molecular weight excluding hydrogens is 202 g/mol. The summed E-state index contributed by atoms with van der Waals surface area (Å²) in [6, 6.07) is -0.0277. The third kappa shape index (κ3) is 5.50. The molecule has 1 fully saturated rings. The summed E-state index contributed by atoms with van der Waals surface area (Å²) in [5.41, 5.74) is 0. The van der Waals surface area contributed by atoms with Crippen molar-refractivity contribution in [3.05, 3.63) is 0 Å². The molecule has 0 saturated carbocycles. The molecule has 1 aliphatic heterocycles. The van der Waals surface area contributed by atoms with E-state index in [1.165, 1.54) is 32.1 Å². The molecule has 0 aliphatic carbocycles. The number of nitrogens with one attached hydrogen (secondary N) is 1. The lowest BCUT2D eigenvalue weighted by Gasteiger charge is -2.09. The molecule has 1 rings (SSSR count). The predicted octanol–water partition coefficient (Wildman–Crippen LogP) is 2.64. The molecule has 0 bridgehead atoms. The Labute approximate surface area is 98.9 Å². The van der Waals surface area contributed by atoms with Gasteiger partial charge in [0.15, 0.2) is 0 Å². The van der Waals surface area contributed by atoms with Crippen molar-refractivity contribution in [3.8, 4) is 0 Å². The number of carbonyl (C=O) groups excluding carboxylic acids is 1. The van der Waals surface area contributed by atoms with Gasteiger partial charge < -0.3 is 10.1 Å². The molecule has 0 aromatic carbocycles. The maximum absolute atomic E-state index is 11.5. The van der Waals surface area contributed by atoms with E-state index in [9.17, 15) is 4.79 Å². The molecule has 1 N–H and O–H groups in total. The second kappa shape index (κ2) is 8.57. The summed E-state index contributed by atoms with van der Waals surface area (Å²) in [5.74, 6) is -0.0499. The topological polar surface area (TPSA) is 38.3 Å². The molecule has 3 nitrogen and oxygen atoms in total. The van der Waals surface area contributed by atoms with E-state index in [0.717, 1.165) is 25.8 Å². The lowest BCUT2D eigenvalue weighted by molar-refractivity contribution is -0.145. The van der Waals surface area contributed by atoms with E-state index in [1.54, 1.807) is 0 Å². The van der Waals surface area contributed by atoms with E-state index < -0.39 is 0 Å². The van der Waals surface area contributed by atoms with E-state index >= 15 is 0 Å². The Morgan fingerprint density at radius 1 is 1.25 bits per heavy atom. The third-order valence-electron chi connectivity index (χ3n) is 3.09. The number of carbonyl (C=O) groups is 1. The van der Waals surface area contributed by atoms with Crippen LogP contribution in [-0.2, 0) is 9.53 Å². The van der Waals surface area contributed by atoms with E-state index in [0.29, 0.717) is 6.61 Å². The van der Waals surface area contributed by atoms with Crippen molar-refractivity contribution in [2.75, 3.05) is 13.2 Å². The number of unbranched alkanes of at least 4 members (excludes halogenated alkanes) is 5. The van der Waals surface area contributed by atoms with Crippen LogP contribution >= 0.6 is 0 Å². The standard InChI is InChI=1S/C13H25NO2/c1-2-3-4-5-6-7-11-16-13(15)12-9-8-10-14-12/h12,14H,2-11H2,1H3. The zero-order valence-corrected chi connectivity index (χ0v) is 10.5. The average molecular weight is 227 g/mol. The van der Waals surface area contributed by atoms with Crippen molar-refractivity contribution in [1.82, 2.24) is 5.32 Å². The summed E-state index contributed by atoms with van der Waals surface area (Å²) in [6.07, 6.45) is 9.43. The molecule has 3 heteroatoms. The van der Waals surface area contributed by atoms with Gasteiger partial charge in [-0.1, -0.05) is 39.0 Å². The van der Waals surface area contributed by atoms with E-state index in [2.05, 4.69) is 12.2 Å². The molecule has 1 heterocycles. The molecule has 94 valence electrons. The lowest BCUT2D eigenvalue weighted by atomic mass is 10.1. The number of rotatable bonds is 8. The molecule has 1 saturated heterocycles. The first-order valence-corrected chi connectivity index (χ1v) is 6.74. The van der Waals surface area contributed by atoms with Gasteiger partial charge in [-0.25, -0.2) is 0 Å². The van der Waals surface area contributed by atoms with Gasteiger partial charge in [0, 0.05) is 0 Å². The maximum atomic E-state index is 11.5. The summed E-state index contributed by atoms with van der Waals surface area (Å²) in [5, 5.41) is 3.15. The van der Waals surface area contributed by atoms with Gasteiger partial charge in [-0.2, -0.15) is 0 Å². The molecule has 1 atom stereocenters. The van der Waals surface area contributed by atoms with Gasteiger partial charge in [0.2, 0.25) is 0 Å². The van der Waals surface area contributed by atoms with Gasteiger partial charge in [-0.15, -0.1) is 0 Å². The normalized spacial score (nSPS) is 19.9. The van der Waals surface area contributed by atoms with Crippen LogP contribution in [0.1, 0.15) is 58.3 Å². The first-order valence-electron chi connectivity index (χ1n) is 6.74. The highest BCUT2D eigenvalue weighted by molar-refractivity contribution is 5.76. The summed E-state index contributed by atoms with van der Waals surface area (Å²) in [7, 11) is 0. The number of hydrogen-bond donors (Lipinski definition) is 1. The minimum atomic E-state index is -0.0499. The monoisotopic (exact) mass is 227 g/mol. The fourth-order valence-electron chi connectivity index (χ4n) is 2.04. The van der Waals surface area contributed by atoms with Crippen LogP contribution in [0.2, 0.25) is 0 Å². The van der Waals surface area contributed by atoms with Gasteiger partial charge >= 0.3 is 5.97 Å². The summed E-state index contributed by atoms with van der Waals surface area (Å²) in [6.45, 7) is 3.77. The van der Waals surface area contributed by atoms with Crippen LogP contribution < -0.4 is 5.32 Å². The number of esters is 1. The van der Waals surface area contributed by atoms with Crippen molar-refractivity contribution >= 4 is 5.97 Å². The molecule has 0 aromatic heterocycles. The first-order chi connectivity index (χ1) is 7.84. The van der Waals surface area contributed by atoms with Crippen molar-refractivity contribution in [2.45, 2.75) is 64.3 Å². The molecule has 16 heavy (non-hydrogen) atoms. The van der Waals surface area contributed by atoms with Crippen LogP contribution in [0.15, 0.2) is 0 Å². The molecular formula is C13H25NO2. The zero-order chi connectivity index (χ0) is 11.6. The van der Waals surface area contributed by atoms with Crippen LogP contribution in [0.4, 0.5) is 0 Å². The van der Waals surface area contributed by atoms with Gasteiger partial charge in [0.05, 0.1) is 6.61 Å². The Kier molecular flexibility index (Phi) is 7.23. The van der Waals surface area contributed by atoms with Gasteiger partial charge in [0.1, 0.15) is 6.04 Å². The molecule has 0 aromatic rings. The van der Waals surface area contributed by atoms with E-state index in [4.69, 9.17) is 4.74 Å². The molecule has 1 aliphatic rings. The largest absolute Gasteiger partial charge is 0.465 e. The van der Waals surface area contributed by atoms with Crippen molar-refractivity contribution in [1.29, 1.82) is 0 Å². The summed E-state index contributed by atoms with van der Waals surface area (Å²) in [4.78, 5) is 11.5. The molecule has 0 spiro atoms. The second-order valence-electron chi connectivity index (χ2n) is 4.58. The van der Waals surface area contributed by atoms with Crippen molar-refractivity contribution < 1.29 is 9.53 Å². The number of ether oxygens (including phenoxy) is 1. The SMILES string of the molecule is CCCCCCCCOC(=O)C1CCCN1. The van der Waals surface area contributed by atoms with Crippen LogP contribution in [-0.4, -0.2) is 25.2 Å². The van der Waals surface area contributed by atoms with E-state index in [-0.39, 0.29) is 12.0 Å². The predicted molar refractivity (Wildman–Crippen MR) is 65.4 cm³/mol. The van der Waals surface area contributed by atoms with Gasteiger partial charge in [0.25, 0.3) is 0 Å². The summed E-state index contributed by atoms with van der Waals surface area (Å²) >= 11 is 0. The maximum Gasteiger partial charge on any atom is 0.323 e. The van der Waals surface area contributed by atoms with Crippen LogP contribution in [0, 0.1) is 0 Å². The Morgan fingerprint density at radius 2 is 2.00 bits per heavy atom. The highest BCUT2D eigenvalue weighted by Crippen LogP contribution is 2.08. The smallest absolute Gasteiger partial charge is 0.323 e. The minimum absolute atomic E-state index is 0.0277. The highest BCUT2D eigenvalue weighted by Gasteiger charge is 2.22. The fraction of sp³-hybridized carbons (Fsp3) is 0.923. The Morgan fingerprint density at radius 3 is 2.69 bits per heavy atom. The molecule has 1 unspecified atom stereocenters. The van der Waals surface area contributed by atoms with Crippen molar-refractivity contribution in [3.63, 3.8) is 0 Å². The quantitative estimate of drug-likeness (QED) is 0.512. The second-order valence-corrected chi connectivity index (χ2v) is 4.58. The van der Waals surface area contributed by atoms with Gasteiger partial charge in [-0.3, -0.25) is 4.79 Å². The fourth-order valence-corrected chi connectivity index (χ4v) is 2.04. The van der Waals surface area contributed by atoms with Crippen molar-refractivity contribution in [2.24, 2.45) is 0 Å². The van der Waals surface area contributed by atoms with Crippen LogP contribution in [0.5, 0.6) is 0 Å². The minimum Gasteiger partial charge on any atom is -0.465 e. The Hall–Kier alpha value is -0.570. The third-order valence-corrected chi connectivity index (χ3v) is 3.09. The Balaban J connectivity index is 1.88. The first kappa shape index (κ1) is 13.5. The number of hydrogen-bond acceptors (Lipinski definition) is 3. The lowest BCUT2D eigenvalue weighted by Crippen LogP contribution is -2.32. The highest BCUT2D eigenvalue weighted by atomic mass is 16.5. The van der Waals surface area contributed by atoms with Crippen LogP contribution in [0.25, 0.3) is 0 Å². The van der Waals surface area contributed by atoms with E-state index in [1.807, 2.05) is 0 Å². The average Bonchev–Trinajstić information content (AvgIpc) is 2.81. The van der Waals surface area contributed by atoms with Crippen LogP contribution in [0.3, 0.4) is 0 Å². The molecule has 0 amide bonds. The Bertz CT molecular complexity index is 188. The van der Waals surface area contributed by atoms with Gasteiger partial charge in [-0.05, 0) is 25.8 Å².